The SMILES string of the molecule is O=C([C@@H]1CCCNC1)N(CCc1ccccc1)Cc1ccccc1. The van der Waals surface area contributed by atoms with Gasteiger partial charge in [0.2, 0.25) is 5.91 Å². The Morgan fingerprint density at radius 1 is 1.00 bits per heavy atom. The minimum atomic E-state index is 0.123. The molecule has 1 saturated heterocycles. The van der Waals surface area contributed by atoms with E-state index in [1.807, 2.05) is 29.2 Å². The third-order valence-corrected chi connectivity index (χ3v) is 4.69. The lowest BCUT2D eigenvalue weighted by molar-refractivity contribution is -0.136. The van der Waals surface area contributed by atoms with Gasteiger partial charge in [-0.3, -0.25) is 4.79 Å². The quantitative estimate of drug-likeness (QED) is 0.885. The molecule has 2 aromatic rings. The molecule has 0 aromatic heterocycles. The van der Waals surface area contributed by atoms with Crippen LogP contribution in [0.5, 0.6) is 0 Å². The Hall–Kier alpha value is -2.13. The Morgan fingerprint density at radius 2 is 1.67 bits per heavy atom. The van der Waals surface area contributed by atoms with Crippen LogP contribution < -0.4 is 5.32 Å². The molecule has 1 heterocycles. The molecule has 1 aliphatic heterocycles. The number of hydrogen-bond acceptors (Lipinski definition) is 2. The highest BCUT2D eigenvalue weighted by Crippen LogP contribution is 2.16. The molecule has 24 heavy (non-hydrogen) atoms. The van der Waals surface area contributed by atoms with Crippen molar-refractivity contribution in [3.63, 3.8) is 0 Å². The van der Waals surface area contributed by atoms with Crippen LogP contribution in [-0.2, 0) is 17.8 Å². The molecule has 1 amide bonds. The predicted octanol–water partition coefficient (Wildman–Crippen LogP) is 3.26. The largest absolute Gasteiger partial charge is 0.338 e. The standard InChI is InChI=1S/C21H26N2O/c24-21(20-12-7-14-22-16-20)23(17-19-10-5-2-6-11-19)15-13-18-8-3-1-4-9-18/h1-6,8-11,20,22H,7,12-17H2/t20-/m1/s1. The van der Waals surface area contributed by atoms with Crippen LogP contribution in [0.15, 0.2) is 60.7 Å². The van der Waals surface area contributed by atoms with Gasteiger partial charge in [-0.25, -0.2) is 0 Å². The average molecular weight is 322 g/mol. The van der Waals surface area contributed by atoms with Crippen LogP contribution in [-0.4, -0.2) is 30.4 Å². The summed E-state index contributed by atoms with van der Waals surface area (Å²) in [6, 6.07) is 20.7. The number of rotatable bonds is 6. The number of piperidine rings is 1. The van der Waals surface area contributed by atoms with Gasteiger partial charge >= 0.3 is 0 Å². The van der Waals surface area contributed by atoms with Crippen molar-refractivity contribution in [2.45, 2.75) is 25.8 Å². The molecule has 0 radical (unpaired) electrons. The smallest absolute Gasteiger partial charge is 0.227 e. The van der Waals surface area contributed by atoms with E-state index in [0.29, 0.717) is 12.5 Å². The van der Waals surface area contributed by atoms with Gasteiger partial charge in [0.15, 0.2) is 0 Å². The fraction of sp³-hybridized carbons (Fsp3) is 0.381. The minimum Gasteiger partial charge on any atom is -0.338 e. The minimum absolute atomic E-state index is 0.123. The van der Waals surface area contributed by atoms with Crippen molar-refractivity contribution >= 4 is 5.91 Å². The van der Waals surface area contributed by atoms with Crippen molar-refractivity contribution in [3.05, 3.63) is 71.8 Å². The molecule has 3 rings (SSSR count). The van der Waals surface area contributed by atoms with E-state index in [0.717, 1.165) is 38.9 Å². The lowest BCUT2D eigenvalue weighted by atomic mass is 9.97. The molecular weight excluding hydrogens is 296 g/mol. The average Bonchev–Trinajstić information content (AvgIpc) is 2.67. The van der Waals surface area contributed by atoms with Crippen LogP contribution in [0.4, 0.5) is 0 Å². The number of carbonyl (C=O) groups is 1. The van der Waals surface area contributed by atoms with Crippen molar-refractivity contribution in [3.8, 4) is 0 Å². The lowest BCUT2D eigenvalue weighted by Gasteiger charge is -2.30. The zero-order valence-corrected chi connectivity index (χ0v) is 14.2. The van der Waals surface area contributed by atoms with Gasteiger partial charge in [-0.15, -0.1) is 0 Å². The first-order valence-corrected chi connectivity index (χ1v) is 8.90. The molecule has 0 spiro atoms. The van der Waals surface area contributed by atoms with E-state index in [4.69, 9.17) is 0 Å². The summed E-state index contributed by atoms with van der Waals surface area (Å²) in [4.78, 5) is 15.1. The van der Waals surface area contributed by atoms with Crippen LogP contribution in [0.2, 0.25) is 0 Å². The molecule has 3 nitrogen and oxygen atoms in total. The summed E-state index contributed by atoms with van der Waals surface area (Å²) in [6.45, 7) is 3.32. The van der Waals surface area contributed by atoms with Gasteiger partial charge in [0.25, 0.3) is 0 Å². The predicted molar refractivity (Wildman–Crippen MR) is 97.6 cm³/mol. The second kappa shape index (κ2) is 8.65. The van der Waals surface area contributed by atoms with Crippen LogP contribution in [0, 0.1) is 5.92 Å². The first-order chi connectivity index (χ1) is 11.8. The number of hydrogen-bond donors (Lipinski definition) is 1. The monoisotopic (exact) mass is 322 g/mol. The molecule has 1 atom stereocenters. The van der Waals surface area contributed by atoms with E-state index in [1.165, 1.54) is 11.1 Å². The fourth-order valence-corrected chi connectivity index (χ4v) is 3.30. The van der Waals surface area contributed by atoms with Gasteiger partial charge in [0.05, 0.1) is 5.92 Å². The van der Waals surface area contributed by atoms with E-state index >= 15 is 0 Å². The summed E-state index contributed by atoms with van der Waals surface area (Å²) < 4.78 is 0. The maximum atomic E-state index is 13.0. The highest BCUT2D eigenvalue weighted by molar-refractivity contribution is 5.79. The van der Waals surface area contributed by atoms with Crippen LogP contribution >= 0.6 is 0 Å². The van der Waals surface area contributed by atoms with Crippen molar-refractivity contribution in [1.82, 2.24) is 10.2 Å². The summed E-state index contributed by atoms with van der Waals surface area (Å²) in [5.41, 5.74) is 2.48. The summed E-state index contributed by atoms with van der Waals surface area (Å²) in [7, 11) is 0. The van der Waals surface area contributed by atoms with Crippen molar-refractivity contribution < 1.29 is 4.79 Å². The third-order valence-electron chi connectivity index (χ3n) is 4.69. The first-order valence-electron chi connectivity index (χ1n) is 8.90. The van der Waals surface area contributed by atoms with Crippen LogP contribution in [0.3, 0.4) is 0 Å². The zero-order valence-electron chi connectivity index (χ0n) is 14.2. The summed E-state index contributed by atoms with van der Waals surface area (Å²) in [5, 5.41) is 3.36. The van der Waals surface area contributed by atoms with Gasteiger partial charge < -0.3 is 10.2 Å². The topological polar surface area (TPSA) is 32.3 Å². The molecule has 126 valence electrons. The number of nitrogens with one attached hydrogen (secondary N) is 1. The van der Waals surface area contributed by atoms with Gasteiger partial charge in [-0.1, -0.05) is 60.7 Å². The molecule has 1 fully saturated rings. The second-order valence-corrected chi connectivity index (χ2v) is 6.52. The van der Waals surface area contributed by atoms with Crippen LogP contribution in [0.25, 0.3) is 0 Å². The van der Waals surface area contributed by atoms with Gasteiger partial charge in [0.1, 0.15) is 0 Å². The number of carbonyl (C=O) groups excluding carboxylic acids is 1. The Bertz CT molecular complexity index is 621. The number of nitrogens with zero attached hydrogens (tertiary/aromatic N) is 1. The normalized spacial score (nSPS) is 17.4. The molecule has 3 heteroatoms. The summed E-state index contributed by atoms with van der Waals surface area (Å²) in [6.07, 6.45) is 3.00. The summed E-state index contributed by atoms with van der Waals surface area (Å²) >= 11 is 0. The van der Waals surface area contributed by atoms with E-state index in [9.17, 15) is 4.79 Å². The maximum Gasteiger partial charge on any atom is 0.227 e. The molecule has 2 aromatic carbocycles. The van der Waals surface area contributed by atoms with E-state index < -0.39 is 0 Å². The Kier molecular flexibility index (Phi) is 6.02. The molecule has 0 saturated carbocycles. The zero-order chi connectivity index (χ0) is 16.6. The van der Waals surface area contributed by atoms with Crippen molar-refractivity contribution in [2.24, 2.45) is 5.92 Å². The molecule has 1 aliphatic rings. The summed E-state index contributed by atoms with van der Waals surface area (Å²) in [5.74, 6) is 0.417. The van der Waals surface area contributed by atoms with Gasteiger partial charge in [0, 0.05) is 19.6 Å². The fourth-order valence-electron chi connectivity index (χ4n) is 3.30. The molecule has 0 aliphatic carbocycles. The molecule has 0 bridgehead atoms. The molecule has 1 N–H and O–H groups in total. The van der Waals surface area contributed by atoms with Crippen molar-refractivity contribution in [2.75, 3.05) is 19.6 Å². The highest BCUT2D eigenvalue weighted by atomic mass is 16.2. The maximum absolute atomic E-state index is 13.0. The van der Waals surface area contributed by atoms with E-state index in [2.05, 4.69) is 41.7 Å². The van der Waals surface area contributed by atoms with Gasteiger partial charge in [-0.2, -0.15) is 0 Å². The first kappa shape index (κ1) is 16.7. The second-order valence-electron chi connectivity index (χ2n) is 6.52. The third kappa shape index (κ3) is 4.68. The van der Waals surface area contributed by atoms with Crippen molar-refractivity contribution in [1.29, 1.82) is 0 Å². The number of amides is 1. The van der Waals surface area contributed by atoms with Gasteiger partial charge in [-0.05, 0) is 36.9 Å². The highest BCUT2D eigenvalue weighted by Gasteiger charge is 2.25. The van der Waals surface area contributed by atoms with Crippen LogP contribution in [0.1, 0.15) is 24.0 Å². The lowest BCUT2D eigenvalue weighted by Crippen LogP contribution is -2.43. The Labute approximate surface area is 144 Å². The molecule has 0 unspecified atom stereocenters. The Morgan fingerprint density at radius 3 is 2.29 bits per heavy atom. The van der Waals surface area contributed by atoms with E-state index in [-0.39, 0.29) is 5.92 Å². The number of benzene rings is 2. The van der Waals surface area contributed by atoms with E-state index in [1.54, 1.807) is 0 Å². The Balaban J connectivity index is 1.68. The molecular formula is C21H26N2O.